The molecule has 2 aromatic rings. The lowest BCUT2D eigenvalue weighted by molar-refractivity contribution is 0.0983. The number of ketones is 1. The highest BCUT2D eigenvalue weighted by molar-refractivity contribution is 7.89. The van der Waals surface area contributed by atoms with Gasteiger partial charge in [-0.1, -0.05) is 68.8 Å². The van der Waals surface area contributed by atoms with Crippen LogP contribution in [0.3, 0.4) is 0 Å². The summed E-state index contributed by atoms with van der Waals surface area (Å²) in [5, 5.41) is 0.502. The predicted octanol–water partition coefficient (Wildman–Crippen LogP) is 5.00. The minimum atomic E-state index is -3.10. The number of hydrogen-bond acceptors (Lipinski definition) is 3. The summed E-state index contributed by atoms with van der Waals surface area (Å²) < 4.78 is 22.7. The van der Waals surface area contributed by atoms with Crippen molar-refractivity contribution in [1.29, 1.82) is 0 Å². The van der Waals surface area contributed by atoms with Crippen molar-refractivity contribution in [2.75, 3.05) is 6.26 Å². The van der Waals surface area contributed by atoms with Crippen molar-refractivity contribution in [3.63, 3.8) is 0 Å². The SMILES string of the molecule is CC(C)(C)c1ccc(C(=O)CCc2ccc(CS(C)(=O)=O)cc2Cl)cc1. The zero-order valence-corrected chi connectivity index (χ0v) is 17.2. The number of aryl methyl sites for hydroxylation is 1. The fourth-order valence-corrected chi connectivity index (χ4v) is 3.82. The van der Waals surface area contributed by atoms with Crippen LogP contribution in [-0.4, -0.2) is 20.5 Å². The van der Waals surface area contributed by atoms with E-state index >= 15 is 0 Å². The molecule has 0 saturated heterocycles. The molecule has 3 nitrogen and oxygen atoms in total. The second-order valence-corrected chi connectivity index (χ2v) is 10.3. The molecule has 0 amide bonds. The zero-order chi connectivity index (χ0) is 19.5. The highest BCUT2D eigenvalue weighted by Gasteiger charge is 2.15. The molecule has 0 radical (unpaired) electrons. The highest BCUT2D eigenvalue weighted by atomic mass is 35.5. The van der Waals surface area contributed by atoms with Gasteiger partial charge in [-0.3, -0.25) is 4.79 Å². The van der Waals surface area contributed by atoms with Gasteiger partial charge in [-0.05, 0) is 34.6 Å². The van der Waals surface area contributed by atoms with Gasteiger partial charge < -0.3 is 0 Å². The molecule has 0 fully saturated rings. The Hall–Kier alpha value is -1.65. The van der Waals surface area contributed by atoms with E-state index in [1.165, 1.54) is 11.8 Å². The molecular weight excluding hydrogens is 368 g/mol. The monoisotopic (exact) mass is 392 g/mol. The lowest BCUT2D eigenvalue weighted by atomic mass is 9.86. The van der Waals surface area contributed by atoms with Crippen LogP contribution in [0.2, 0.25) is 5.02 Å². The number of halogens is 1. The van der Waals surface area contributed by atoms with Gasteiger partial charge in [0.25, 0.3) is 0 Å². The van der Waals surface area contributed by atoms with Gasteiger partial charge in [-0.2, -0.15) is 0 Å². The Balaban J connectivity index is 2.03. The van der Waals surface area contributed by atoms with E-state index in [1.807, 2.05) is 24.3 Å². The Bertz CT molecular complexity index is 892. The van der Waals surface area contributed by atoms with E-state index in [0.717, 1.165) is 5.56 Å². The molecule has 140 valence electrons. The van der Waals surface area contributed by atoms with Crippen LogP contribution in [0.25, 0.3) is 0 Å². The van der Waals surface area contributed by atoms with Gasteiger partial charge in [0.05, 0.1) is 5.75 Å². The van der Waals surface area contributed by atoms with Crippen LogP contribution < -0.4 is 0 Å². The molecule has 0 atom stereocenters. The summed E-state index contributed by atoms with van der Waals surface area (Å²) in [4.78, 5) is 12.4. The van der Waals surface area contributed by atoms with Crippen molar-refractivity contribution in [3.05, 3.63) is 69.7 Å². The molecule has 0 heterocycles. The third-order valence-electron chi connectivity index (χ3n) is 4.24. The first-order valence-electron chi connectivity index (χ1n) is 8.54. The third kappa shape index (κ3) is 5.96. The van der Waals surface area contributed by atoms with Crippen LogP contribution in [-0.2, 0) is 27.4 Å². The summed E-state index contributed by atoms with van der Waals surface area (Å²) in [6.45, 7) is 6.41. The average molecular weight is 393 g/mol. The quantitative estimate of drug-likeness (QED) is 0.650. The summed E-state index contributed by atoms with van der Waals surface area (Å²) in [7, 11) is -3.10. The van der Waals surface area contributed by atoms with Crippen molar-refractivity contribution in [1.82, 2.24) is 0 Å². The number of rotatable bonds is 6. The smallest absolute Gasteiger partial charge is 0.163 e. The van der Waals surface area contributed by atoms with E-state index in [1.54, 1.807) is 18.2 Å². The lowest BCUT2D eigenvalue weighted by Crippen LogP contribution is -2.11. The molecular formula is C21H25ClO3S. The minimum Gasteiger partial charge on any atom is -0.294 e. The van der Waals surface area contributed by atoms with Gasteiger partial charge in [-0.15, -0.1) is 0 Å². The van der Waals surface area contributed by atoms with Gasteiger partial charge >= 0.3 is 0 Å². The standard InChI is InChI=1S/C21H25ClO3S/c1-21(2,3)18-10-7-17(8-11-18)20(23)12-9-16-6-5-15(13-19(16)22)14-26(4,24)25/h5-8,10-11,13H,9,12,14H2,1-4H3. The molecule has 0 unspecified atom stereocenters. The van der Waals surface area contributed by atoms with E-state index in [2.05, 4.69) is 20.8 Å². The largest absolute Gasteiger partial charge is 0.294 e. The average Bonchev–Trinajstić information content (AvgIpc) is 2.51. The summed E-state index contributed by atoms with van der Waals surface area (Å²) in [6, 6.07) is 13.0. The van der Waals surface area contributed by atoms with E-state index in [-0.39, 0.29) is 17.0 Å². The molecule has 2 rings (SSSR count). The summed E-state index contributed by atoms with van der Waals surface area (Å²) in [5.74, 6) is 0.0354. The van der Waals surface area contributed by atoms with Crippen LogP contribution in [0.1, 0.15) is 54.2 Å². The lowest BCUT2D eigenvalue weighted by Gasteiger charge is -2.19. The Morgan fingerprint density at radius 2 is 1.65 bits per heavy atom. The molecule has 0 aromatic heterocycles. The molecule has 0 bridgehead atoms. The van der Waals surface area contributed by atoms with Crippen molar-refractivity contribution in [3.8, 4) is 0 Å². The molecule has 0 spiro atoms. The first-order valence-corrected chi connectivity index (χ1v) is 11.0. The Morgan fingerprint density at radius 3 is 2.15 bits per heavy atom. The summed E-state index contributed by atoms with van der Waals surface area (Å²) >= 11 is 6.25. The Kier molecular flexibility index (Phi) is 6.30. The molecule has 26 heavy (non-hydrogen) atoms. The van der Waals surface area contributed by atoms with Crippen molar-refractivity contribution < 1.29 is 13.2 Å². The number of carbonyl (C=O) groups is 1. The third-order valence-corrected chi connectivity index (χ3v) is 5.45. The number of sulfone groups is 1. The number of carbonyl (C=O) groups excluding carboxylic acids is 1. The van der Waals surface area contributed by atoms with Gasteiger partial charge in [0.15, 0.2) is 15.6 Å². The molecule has 0 N–H and O–H groups in total. The first kappa shape index (κ1) is 20.7. The van der Waals surface area contributed by atoms with Gasteiger partial charge in [0.1, 0.15) is 0 Å². The molecule has 2 aromatic carbocycles. The number of Topliss-reactive ketones (excluding diaryl/α,β-unsaturated/α-hetero) is 1. The number of hydrogen-bond donors (Lipinski definition) is 0. The Labute approximate surface area is 161 Å². The maximum Gasteiger partial charge on any atom is 0.163 e. The predicted molar refractivity (Wildman–Crippen MR) is 108 cm³/mol. The molecule has 5 heteroatoms. The fourth-order valence-electron chi connectivity index (χ4n) is 2.73. The molecule has 0 aliphatic carbocycles. The van der Waals surface area contributed by atoms with Gasteiger partial charge in [0, 0.05) is 23.3 Å². The normalized spacial score (nSPS) is 12.2. The van der Waals surface area contributed by atoms with Gasteiger partial charge in [-0.25, -0.2) is 8.42 Å². The maximum absolute atomic E-state index is 12.4. The van der Waals surface area contributed by atoms with Crippen molar-refractivity contribution >= 4 is 27.2 Å². The molecule has 0 saturated carbocycles. The van der Waals surface area contributed by atoms with Crippen LogP contribution >= 0.6 is 11.6 Å². The van der Waals surface area contributed by atoms with Gasteiger partial charge in [0.2, 0.25) is 0 Å². The second kappa shape index (κ2) is 7.93. The zero-order valence-electron chi connectivity index (χ0n) is 15.7. The first-order chi connectivity index (χ1) is 12.0. The van der Waals surface area contributed by atoms with Crippen LogP contribution in [0.15, 0.2) is 42.5 Å². The van der Waals surface area contributed by atoms with Crippen molar-refractivity contribution in [2.24, 2.45) is 0 Å². The van der Waals surface area contributed by atoms with Crippen molar-refractivity contribution in [2.45, 2.75) is 44.8 Å². The molecule has 0 aliphatic heterocycles. The summed E-state index contributed by atoms with van der Waals surface area (Å²) in [5.41, 5.74) is 3.46. The van der Waals surface area contributed by atoms with Crippen LogP contribution in [0.4, 0.5) is 0 Å². The van der Waals surface area contributed by atoms with E-state index in [4.69, 9.17) is 11.6 Å². The minimum absolute atomic E-state index is 0.0357. The maximum atomic E-state index is 12.4. The highest BCUT2D eigenvalue weighted by Crippen LogP contribution is 2.24. The van der Waals surface area contributed by atoms with Crippen LogP contribution in [0.5, 0.6) is 0 Å². The summed E-state index contributed by atoms with van der Waals surface area (Å²) in [6.07, 6.45) is 2.08. The molecule has 0 aliphatic rings. The van der Waals surface area contributed by atoms with E-state index in [9.17, 15) is 13.2 Å². The Morgan fingerprint density at radius 1 is 1.04 bits per heavy atom. The number of benzene rings is 2. The van der Waals surface area contributed by atoms with E-state index < -0.39 is 9.84 Å². The van der Waals surface area contributed by atoms with E-state index in [0.29, 0.717) is 29.0 Å². The topological polar surface area (TPSA) is 51.2 Å². The van der Waals surface area contributed by atoms with Crippen LogP contribution in [0, 0.1) is 0 Å². The second-order valence-electron chi connectivity index (χ2n) is 7.75. The fraction of sp³-hybridized carbons (Fsp3) is 0.381.